The van der Waals surface area contributed by atoms with Crippen LogP contribution in [0, 0.1) is 11.8 Å². The molecular formula is C21H31N3O5S. The monoisotopic (exact) mass is 437 g/mol. The third kappa shape index (κ3) is 4.95. The summed E-state index contributed by atoms with van der Waals surface area (Å²) in [5.74, 6) is 0.415. The van der Waals surface area contributed by atoms with Crippen LogP contribution in [0.4, 0.5) is 0 Å². The number of hydrogen-bond acceptors (Lipinski definition) is 5. The molecule has 2 fully saturated rings. The molecule has 1 aromatic carbocycles. The number of piperazine rings is 1. The highest BCUT2D eigenvalue weighted by atomic mass is 32.2. The van der Waals surface area contributed by atoms with Gasteiger partial charge >= 0.3 is 0 Å². The Morgan fingerprint density at radius 3 is 2.07 bits per heavy atom. The second-order valence-electron chi connectivity index (χ2n) is 8.30. The second-order valence-corrected chi connectivity index (χ2v) is 10.0. The van der Waals surface area contributed by atoms with Crippen molar-refractivity contribution in [2.24, 2.45) is 11.8 Å². The van der Waals surface area contributed by atoms with E-state index in [1.165, 1.54) is 19.2 Å². The van der Waals surface area contributed by atoms with Crippen molar-refractivity contribution in [3.05, 3.63) is 24.3 Å². The van der Waals surface area contributed by atoms with Crippen LogP contribution in [0.2, 0.25) is 0 Å². The minimum atomic E-state index is -3.86. The molecule has 1 saturated heterocycles. The van der Waals surface area contributed by atoms with Crippen molar-refractivity contribution in [1.82, 2.24) is 14.5 Å². The number of nitrogens with zero attached hydrogens (tertiary/aromatic N) is 2. The van der Waals surface area contributed by atoms with E-state index < -0.39 is 16.1 Å². The summed E-state index contributed by atoms with van der Waals surface area (Å²) in [6, 6.07) is 5.17. The second kappa shape index (κ2) is 9.34. The molecule has 2 amide bonds. The van der Waals surface area contributed by atoms with Crippen molar-refractivity contribution in [2.75, 3.05) is 33.3 Å². The Bertz CT molecular complexity index is 857. The zero-order chi connectivity index (χ0) is 21.9. The van der Waals surface area contributed by atoms with Crippen molar-refractivity contribution < 1.29 is 22.7 Å². The van der Waals surface area contributed by atoms with Crippen LogP contribution in [0.3, 0.4) is 0 Å². The van der Waals surface area contributed by atoms with E-state index in [0.717, 1.165) is 19.3 Å². The van der Waals surface area contributed by atoms with Crippen LogP contribution in [0.5, 0.6) is 5.75 Å². The molecule has 1 heterocycles. The van der Waals surface area contributed by atoms with Gasteiger partial charge in [0.1, 0.15) is 11.8 Å². The van der Waals surface area contributed by atoms with E-state index >= 15 is 0 Å². The largest absolute Gasteiger partial charge is 0.497 e. The van der Waals surface area contributed by atoms with Crippen LogP contribution in [0.15, 0.2) is 29.2 Å². The number of nitrogens with one attached hydrogen (secondary N) is 1. The molecule has 2 aliphatic rings. The summed E-state index contributed by atoms with van der Waals surface area (Å²) >= 11 is 0. The summed E-state index contributed by atoms with van der Waals surface area (Å²) in [6.45, 7) is 5.47. The molecule has 1 N–H and O–H groups in total. The third-order valence-corrected chi connectivity index (χ3v) is 7.40. The smallest absolute Gasteiger partial charge is 0.241 e. The summed E-state index contributed by atoms with van der Waals surface area (Å²) in [6.07, 6.45) is 3.03. The molecule has 0 spiro atoms. The number of sulfonamides is 1. The number of carbonyl (C=O) groups excluding carboxylic acids is 2. The molecule has 9 heteroatoms. The lowest BCUT2D eigenvalue weighted by molar-refractivity contribution is -0.145. The number of carbonyl (C=O) groups is 2. The Morgan fingerprint density at radius 1 is 1.03 bits per heavy atom. The van der Waals surface area contributed by atoms with E-state index in [4.69, 9.17) is 4.74 Å². The van der Waals surface area contributed by atoms with Crippen LogP contribution < -0.4 is 9.46 Å². The average Bonchev–Trinajstić information content (AvgIpc) is 2.70. The van der Waals surface area contributed by atoms with E-state index in [2.05, 4.69) is 4.72 Å². The first-order valence-corrected chi connectivity index (χ1v) is 11.9. The predicted molar refractivity (Wildman–Crippen MR) is 112 cm³/mol. The van der Waals surface area contributed by atoms with Crippen LogP contribution in [0.25, 0.3) is 0 Å². The van der Waals surface area contributed by atoms with E-state index in [0.29, 0.717) is 31.9 Å². The van der Waals surface area contributed by atoms with Gasteiger partial charge < -0.3 is 14.5 Å². The van der Waals surface area contributed by atoms with Crippen LogP contribution in [-0.2, 0) is 19.6 Å². The van der Waals surface area contributed by atoms with Gasteiger partial charge in [0, 0.05) is 32.1 Å². The first-order valence-electron chi connectivity index (χ1n) is 10.5. The van der Waals surface area contributed by atoms with Crippen molar-refractivity contribution in [3.8, 4) is 5.75 Å². The van der Waals surface area contributed by atoms with Crippen molar-refractivity contribution >= 4 is 21.8 Å². The third-order valence-electron chi connectivity index (χ3n) is 5.94. The fourth-order valence-corrected chi connectivity index (χ4v) is 5.06. The molecule has 1 aliphatic heterocycles. The lowest BCUT2D eigenvalue weighted by Gasteiger charge is -2.39. The SMILES string of the molecule is COc1ccc(S(=O)(=O)N[C@H](C(=O)N2CCN(C(=O)C3CCC3)CC2)C(C)C)cc1. The molecule has 1 saturated carbocycles. The van der Waals surface area contributed by atoms with Crippen LogP contribution >= 0.6 is 0 Å². The van der Waals surface area contributed by atoms with Crippen LogP contribution in [0.1, 0.15) is 33.1 Å². The maximum atomic E-state index is 13.1. The number of amides is 2. The summed E-state index contributed by atoms with van der Waals surface area (Å²) < 4.78 is 33.3. The molecule has 1 atom stereocenters. The molecule has 0 unspecified atom stereocenters. The van der Waals surface area contributed by atoms with E-state index in [1.807, 2.05) is 18.7 Å². The fourth-order valence-electron chi connectivity index (χ4n) is 3.72. The number of ether oxygens (including phenoxy) is 1. The van der Waals surface area contributed by atoms with Crippen LogP contribution in [-0.4, -0.2) is 69.4 Å². The number of hydrogen-bond donors (Lipinski definition) is 1. The minimum Gasteiger partial charge on any atom is -0.497 e. The number of methoxy groups -OCH3 is 1. The maximum absolute atomic E-state index is 13.1. The minimum absolute atomic E-state index is 0.0812. The zero-order valence-corrected chi connectivity index (χ0v) is 18.7. The molecule has 8 nitrogen and oxygen atoms in total. The van der Waals surface area contributed by atoms with E-state index in [9.17, 15) is 18.0 Å². The lowest BCUT2D eigenvalue weighted by atomic mass is 9.84. The first kappa shape index (κ1) is 22.6. The van der Waals surface area contributed by atoms with Gasteiger partial charge in [0.2, 0.25) is 21.8 Å². The Kier molecular flexibility index (Phi) is 7.02. The van der Waals surface area contributed by atoms with Gasteiger partial charge in [0.05, 0.1) is 12.0 Å². The molecule has 1 aromatic rings. The number of rotatable bonds is 7. The standard InChI is InChI=1S/C21H31N3O5S/c1-15(2)19(22-30(27,28)18-9-7-17(29-3)8-10-18)21(26)24-13-11-23(12-14-24)20(25)16-5-4-6-16/h7-10,15-16,19,22H,4-6,11-14H2,1-3H3/t19-/m0/s1. The van der Waals surface area contributed by atoms with Gasteiger partial charge in [-0.15, -0.1) is 0 Å². The highest BCUT2D eigenvalue weighted by Gasteiger charge is 2.35. The van der Waals surface area contributed by atoms with Crippen molar-refractivity contribution in [1.29, 1.82) is 0 Å². The summed E-state index contributed by atoms with van der Waals surface area (Å²) in [7, 11) is -2.35. The Balaban J connectivity index is 1.64. The van der Waals surface area contributed by atoms with Gasteiger partial charge in [-0.1, -0.05) is 20.3 Å². The lowest BCUT2D eigenvalue weighted by Crippen LogP contribution is -2.57. The molecule has 166 valence electrons. The molecule has 0 radical (unpaired) electrons. The van der Waals surface area contributed by atoms with Gasteiger partial charge in [-0.25, -0.2) is 8.42 Å². The number of benzene rings is 1. The van der Waals surface area contributed by atoms with Gasteiger partial charge in [-0.2, -0.15) is 4.72 Å². The van der Waals surface area contributed by atoms with Gasteiger partial charge in [-0.05, 0) is 43.0 Å². The van der Waals surface area contributed by atoms with Gasteiger partial charge in [0.25, 0.3) is 0 Å². The first-order chi connectivity index (χ1) is 14.2. The molecule has 30 heavy (non-hydrogen) atoms. The Hall–Kier alpha value is -2.13. The molecule has 1 aliphatic carbocycles. The summed E-state index contributed by atoms with van der Waals surface area (Å²) in [5, 5.41) is 0. The van der Waals surface area contributed by atoms with Crippen molar-refractivity contribution in [3.63, 3.8) is 0 Å². The summed E-state index contributed by atoms with van der Waals surface area (Å²) in [5.41, 5.74) is 0. The normalized spacial score (nSPS) is 18.8. The highest BCUT2D eigenvalue weighted by molar-refractivity contribution is 7.89. The Morgan fingerprint density at radius 2 is 1.60 bits per heavy atom. The van der Waals surface area contributed by atoms with Crippen molar-refractivity contribution in [2.45, 2.75) is 44.0 Å². The topological polar surface area (TPSA) is 96.0 Å². The molecule has 0 bridgehead atoms. The van der Waals surface area contributed by atoms with Gasteiger partial charge in [0.15, 0.2) is 0 Å². The zero-order valence-electron chi connectivity index (χ0n) is 17.8. The van der Waals surface area contributed by atoms with Gasteiger partial charge in [-0.3, -0.25) is 9.59 Å². The highest BCUT2D eigenvalue weighted by Crippen LogP contribution is 2.28. The molecule has 0 aromatic heterocycles. The van der Waals surface area contributed by atoms with E-state index in [-0.39, 0.29) is 28.5 Å². The fraction of sp³-hybridized carbons (Fsp3) is 0.619. The Labute approximate surface area is 178 Å². The average molecular weight is 438 g/mol. The maximum Gasteiger partial charge on any atom is 0.241 e. The van der Waals surface area contributed by atoms with E-state index in [1.54, 1.807) is 17.0 Å². The predicted octanol–water partition coefficient (Wildman–Crippen LogP) is 1.47. The molecular weight excluding hydrogens is 406 g/mol. The summed E-state index contributed by atoms with van der Waals surface area (Å²) in [4.78, 5) is 29.1. The molecule has 3 rings (SSSR count). The quantitative estimate of drug-likeness (QED) is 0.697.